The Hall–Kier alpha value is -2.57. The van der Waals surface area contributed by atoms with E-state index in [0.29, 0.717) is 24.2 Å². The lowest BCUT2D eigenvalue weighted by Crippen LogP contribution is -2.23. The normalized spacial score (nSPS) is 20.0. The smallest absolute Gasteiger partial charge is 0.312 e. The zero-order valence-electron chi connectivity index (χ0n) is 15.0. The lowest BCUT2D eigenvalue weighted by Gasteiger charge is -2.21. The molecule has 28 heavy (non-hydrogen) atoms. The molecule has 10 nitrogen and oxygen atoms in total. The number of allylic oxidation sites excluding steroid dienone is 3. The van der Waals surface area contributed by atoms with Crippen molar-refractivity contribution in [2.45, 2.75) is 26.3 Å². The molecule has 4 N–H and O–H groups in total. The molecule has 0 aromatic carbocycles. The van der Waals surface area contributed by atoms with Gasteiger partial charge in [-0.15, -0.1) is 0 Å². The molecule has 3 heterocycles. The summed E-state index contributed by atoms with van der Waals surface area (Å²) in [6.07, 6.45) is 2.20. The van der Waals surface area contributed by atoms with Gasteiger partial charge in [0, 0.05) is 25.9 Å². The minimum Gasteiger partial charge on any atom is -0.458 e. The molecule has 2 aliphatic rings. The molecule has 0 saturated carbocycles. The van der Waals surface area contributed by atoms with Crippen LogP contribution in [-0.2, 0) is 33.7 Å². The predicted molar refractivity (Wildman–Crippen MR) is 98.1 cm³/mol. The maximum atomic E-state index is 13.7. The van der Waals surface area contributed by atoms with Crippen LogP contribution in [0.4, 0.5) is 10.2 Å². The van der Waals surface area contributed by atoms with Gasteiger partial charge >= 0.3 is 6.08 Å². The van der Waals surface area contributed by atoms with E-state index in [1.54, 1.807) is 4.57 Å². The van der Waals surface area contributed by atoms with Crippen molar-refractivity contribution in [1.82, 2.24) is 24.2 Å². The zero-order chi connectivity index (χ0) is 19.8. The van der Waals surface area contributed by atoms with Crippen LogP contribution >= 0.6 is 0 Å². The summed E-state index contributed by atoms with van der Waals surface area (Å²) < 4.78 is 48.6. The third-order valence-electron chi connectivity index (χ3n) is 4.82. The first kappa shape index (κ1) is 18.8. The van der Waals surface area contributed by atoms with Gasteiger partial charge in [-0.3, -0.25) is 4.55 Å². The van der Waals surface area contributed by atoms with Crippen LogP contribution in [-0.4, -0.2) is 41.6 Å². The highest BCUT2D eigenvalue weighted by molar-refractivity contribution is 7.77. The number of nitrogen functional groups attached to an aromatic ring is 1. The Bertz CT molecular complexity index is 1020. The SMILES string of the molecule is CC1=CC2=C(CC1Cc1nc3c(N)nc(F)nc3n1CCNS(=O)O)OCO2. The highest BCUT2D eigenvalue weighted by Crippen LogP contribution is 2.35. The molecule has 4 rings (SSSR count). The number of hydrogen-bond acceptors (Lipinski definition) is 7. The molecule has 2 unspecified atom stereocenters. The summed E-state index contributed by atoms with van der Waals surface area (Å²) in [5.74, 6) is 2.26. The second-order valence-corrected chi connectivity index (χ2v) is 7.35. The van der Waals surface area contributed by atoms with Gasteiger partial charge in [0.2, 0.25) is 18.1 Å². The number of imidazole rings is 1. The number of halogens is 1. The van der Waals surface area contributed by atoms with E-state index in [1.165, 1.54) is 0 Å². The molecule has 1 aliphatic heterocycles. The van der Waals surface area contributed by atoms with E-state index in [4.69, 9.17) is 19.8 Å². The second kappa shape index (κ2) is 7.45. The second-order valence-electron chi connectivity index (χ2n) is 6.56. The number of ether oxygens (including phenoxy) is 2. The fourth-order valence-electron chi connectivity index (χ4n) is 3.44. The summed E-state index contributed by atoms with van der Waals surface area (Å²) in [5.41, 5.74) is 7.49. The Balaban J connectivity index is 1.66. The molecule has 0 saturated heterocycles. The Morgan fingerprint density at radius 1 is 1.43 bits per heavy atom. The highest BCUT2D eigenvalue weighted by atomic mass is 32.2. The van der Waals surface area contributed by atoms with Crippen LogP contribution in [0.3, 0.4) is 0 Å². The van der Waals surface area contributed by atoms with Gasteiger partial charge in [0.25, 0.3) is 0 Å². The summed E-state index contributed by atoms with van der Waals surface area (Å²) in [6.45, 7) is 2.65. The molecular formula is C16H19FN6O4S. The predicted octanol–water partition coefficient (Wildman–Crippen LogP) is 0.998. The molecule has 0 radical (unpaired) electrons. The number of nitrogens with zero attached hydrogens (tertiary/aromatic N) is 4. The third-order valence-corrected chi connectivity index (χ3v) is 5.27. The highest BCUT2D eigenvalue weighted by Gasteiger charge is 2.29. The Morgan fingerprint density at radius 3 is 3.04 bits per heavy atom. The van der Waals surface area contributed by atoms with Gasteiger partial charge in [-0.1, -0.05) is 5.57 Å². The van der Waals surface area contributed by atoms with Gasteiger partial charge in [-0.2, -0.15) is 14.4 Å². The first-order valence-electron chi connectivity index (χ1n) is 8.61. The summed E-state index contributed by atoms with van der Waals surface area (Å²) in [4.78, 5) is 11.9. The molecule has 12 heteroatoms. The average Bonchev–Trinajstić information content (AvgIpc) is 3.20. The van der Waals surface area contributed by atoms with E-state index in [9.17, 15) is 8.60 Å². The lowest BCUT2D eigenvalue weighted by atomic mass is 9.88. The molecular weight excluding hydrogens is 391 g/mol. The molecule has 2 aromatic rings. The molecule has 2 aromatic heterocycles. The van der Waals surface area contributed by atoms with E-state index in [0.717, 1.165) is 17.1 Å². The van der Waals surface area contributed by atoms with E-state index in [2.05, 4.69) is 19.7 Å². The van der Waals surface area contributed by atoms with Crippen LogP contribution in [0.2, 0.25) is 0 Å². The number of rotatable bonds is 6. The first-order chi connectivity index (χ1) is 13.4. The average molecular weight is 410 g/mol. The van der Waals surface area contributed by atoms with Crippen molar-refractivity contribution in [3.05, 3.63) is 35.1 Å². The molecule has 1 aliphatic carbocycles. The molecule has 0 fully saturated rings. The van der Waals surface area contributed by atoms with Crippen molar-refractivity contribution < 1.29 is 22.6 Å². The Kier molecular flexibility index (Phi) is 5.00. The number of aromatic nitrogens is 4. The van der Waals surface area contributed by atoms with Gasteiger partial charge in [0.1, 0.15) is 11.6 Å². The maximum absolute atomic E-state index is 13.7. The van der Waals surface area contributed by atoms with Crippen molar-refractivity contribution >= 4 is 28.2 Å². The lowest BCUT2D eigenvalue weighted by molar-refractivity contribution is 0.0717. The van der Waals surface area contributed by atoms with Crippen LogP contribution in [0.1, 0.15) is 19.2 Å². The molecule has 150 valence electrons. The van der Waals surface area contributed by atoms with Crippen molar-refractivity contribution in [3.8, 4) is 0 Å². The maximum Gasteiger partial charge on any atom is 0.312 e. The summed E-state index contributed by atoms with van der Waals surface area (Å²) >= 11 is -2.15. The van der Waals surface area contributed by atoms with Gasteiger partial charge in [0.05, 0.1) is 0 Å². The topological polar surface area (TPSA) is 137 Å². The van der Waals surface area contributed by atoms with Gasteiger partial charge in [-0.25, -0.2) is 13.9 Å². The van der Waals surface area contributed by atoms with E-state index in [1.807, 2.05) is 13.0 Å². The van der Waals surface area contributed by atoms with E-state index >= 15 is 0 Å². The van der Waals surface area contributed by atoms with Crippen molar-refractivity contribution in [3.63, 3.8) is 0 Å². The minimum absolute atomic E-state index is 0.0466. The van der Waals surface area contributed by atoms with Crippen molar-refractivity contribution in [2.24, 2.45) is 5.92 Å². The first-order valence-corrected chi connectivity index (χ1v) is 9.72. The van der Waals surface area contributed by atoms with E-state index < -0.39 is 17.3 Å². The van der Waals surface area contributed by atoms with Gasteiger partial charge in [0.15, 0.2) is 22.7 Å². The Morgan fingerprint density at radius 2 is 2.25 bits per heavy atom. The van der Waals surface area contributed by atoms with Gasteiger partial charge < -0.3 is 19.8 Å². The van der Waals surface area contributed by atoms with Crippen LogP contribution in [0, 0.1) is 12.0 Å². The van der Waals surface area contributed by atoms with Crippen molar-refractivity contribution in [1.29, 1.82) is 0 Å². The summed E-state index contributed by atoms with van der Waals surface area (Å²) in [6, 6.07) is 0. The minimum atomic E-state index is -2.15. The molecule has 2 atom stereocenters. The van der Waals surface area contributed by atoms with E-state index in [-0.39, 0.29) is 37.3 Å². The summed E-state index contributed by atoms with van der Waals surface area (Å²) in [7, 11) is 0. The fraction of sp³-hybridized carbons (Fsp3) is 0.438. The monoisotopic (exact) mass is 410 g/mol. The number of nitrogens with two attached hydrogens (primary N) is 1. The van der Waals surface area contributed by atoms with Crippen LogP contribution in [0.5, 0.6) is 0 Å². The quantitative estimate of drug-likeness (QED) is 0.474. The van der Waals surface area contributed by atoms with Crippen LogP contribution in [0.25, 0.3) is 11.2 Å². The Labute approximate surface area is 162 Å². The van der Waals surface area contributed by atoms with Gasteiger partial charge in [-0.05, 0) is 18.9 Å². The third kappa shape index (κ3) is 3.57. The molecule has 0 bridgehead atoms. The number of anilines is 1. The zero-order valence-corrected chi connectivity index (χ0v) is 15.8. The standard InChI is InChI=1S/C16H19FN6O4S/c1-8-4-10-11(27-7-26-10)5-9(8)6-12-20-13-14(18)21-16(17)22-15(13)23(12)3-2-19-28(24)25/h4,9,19H,2-3,5-7H2,1H3,(H,24,25)(H2,18,21,22). The number of hydrogen-bond donors (Lipinski definition) is 3. The van der Waals surface area contributed by atoms with Crippen molar-refractivity contribution in [2.75, 3.05) is 19.1 Å². The summed E-state index contributed by atoms with van der Waals surface area (Å²) in [5, 5.41) is 0. The molecule has 0 amide bonds. The van der Waals surface area contributed by atoms with Crippen LogP contribution in [0.15, 0.2) is 23.2 Å². The fourth-order valence-corrected chi connectivity index (χ4v) is 3.70. The largest absolute Gasteiger partial charge is 0.458 e. The van der Waals surface area contributed by atoms with Crippen LogP contribution < -0.4 is 10.5 Å². The number of nitrogens with one attached hydrogen (secondary N) is 1. The number of fused-ring (bicyclic) bond motifs is 1. The molecule has 0 spiro atoms.